The van der Waals surface area contributed by atoms with E-state index in [2.05, 4.69) is 26.3 Å². The molecule has 41 heavy (non-hydrogen) atoms. The summed E-state index contributed by atoms with van der Waals surface area (Å²) in [6.07, 6.45) is 5.78. The van der Waals surface area contributed by atoms with Gasteiger partial charge in [0.15, 0.2) is 0 Å². The fourth-order valence-corrected chi connectivity index (χ4v) is 5.40. The third-order valence-corrected chi connectivity index (χ3v) is 7.43. The standard InChI is InChI=1S/C32H31FN6O2/c1-20(40)35-32-16-11-23(19-34-32)37-27-17-29-31(18-28(27)36-22-9-14-25(41-2)15-10-22)39(24-12-7-21(33)8-13-24)30-6-4-3-5-26(30)38-29/h3-8,11-13,16-19,22,25,37H,9-10,14-15H2,1-2H3,(H,34,35,40). The molecular weight excluding hydrogens is 519 g/mol. The Bertz CT molecular complexity index is 1720. The van der Waals surface area contributed by atoms with Gasteiger partial charge in [-0.05, 0) is 86.3 Å². The molecule has 3 aliphatic rings. The van der Waals surface area contributed by atoms with Gasteiger partial charge >= 0.3 is 0 Å². The molecule has 0 radical (unpaired) electrons. The number of carbonyl (C=O) groups is 1. The molecule has 208 valence electrons. The number of methoxy groups -OCH3 is 1. The first-order valence-corrected chi connectivity index (χ1v) is 13.8. The van der Waals surface area contributed by atoms with E-state index in [9.17, 15) is 9.18 Å². The lowest BCUT2D eigenvalue weighted by atomic mass is 9.93. The molecule has 0 unspecified atom stereocenters. The number of ether oxygens (including phenoxy) is 1. The lowest BCUT2D eigenvalue weighted by Gasteiger charge is -2.25. The van der Waals surface area contributed by atoms with Crippen molar-refractivity contribution in [2.24, 2.45) is 4.99 Å². The smallest absolute Gasteiger partial charge is 0.222 e. The van der Waals surface area contributed by atoms with Crippen LogP contribution < -0.4 is 16.0 Å². The monoisotopic (exact) mass is 550 g/mol. The fraction of sp³-hybridized carbons (Fsp3) is 0.250. The lowest BCUT2D eigenvalue weighted by Crippen LogP contribution is -2.25. The number of aromatic nitrogens is 3. The largest absolute Gasteiger partial charge is 0.381 e. The van der Waals surface area contributed by atoms with Gasteiger partial charge in [-0.1, -0.05) is 12.1 Å². The van der Waals surface area contributed by atoms with Crippen molar-refractivity contribution in [3.8, 4) is 17.1 Å². The number of anilines is 3. The maximum absolute atomic E-state index is 13.9. The molecule has 1 amide bonds. The summed E-state index contributed by atoms with van der Waals surface area (Å²) in [6, 6.07) is 22.2. The minimum Gasteiger partial charge on any atom is -0.381 e. The van der Waals surface area contributed by atoms with E-state index in [4.69, 9.17) is 14.7 Å². The van der Waals surface area contributed by atoms with E-state index >= 15 is 0 Å². The molecular formula is C32H31FN6O2. The molecule has 1 fully saturated rings. The van der Waals surface area contributed by atoms with Crippen molar-refractivity contribution in [2.45, 2.75) is 44.8 Å². The Labute approximate surface area is 237 Å². The van der Waals surface area contributed by atoms with E-state index in [1.54, 1.807) is 31.5 Å². The first kappa shape index (κ1) is 26.6. The third-order valence-electron chi connectivity index (χ3n) is 7.43. The molecule has 1 aliphatic heterocycles. The van der Waals surface area contributed by atoms with Crippen LogP contribution in [0, 0.1) is 5.82 Å². The van der Waals surface area contributed by atoms with E-state index in [1.807, 2.05) is 36.4 Å². The molecule has 2 heterocycles. The Morgan fingerprint density at radius 1 is 1.02 bits per heavy atom. The number of nitrogens with zero attached hydrogens (tertiary/aromatic N) is 4. The fourth-order valence-electron chi connectivity index (χ4n) is 5.40. The van der Waals surface area contributed by atoms with Gasteiger partial charge in [0.05, 0.1) is 57.5 Å². The van der Waals surface area contributed by atoms with Crippen molar-refractivity contribution in [1.29, 1.82) is 0 Å². The minimum absolute atomic E-state index is 0.160. The lowest BCUT2D eigenvalue weighted by molar-refractivity contribution is -0.114. The number of rotatable bonds is 6. The molecule has 2 aromatic carbocycles. The molecule has 8 nitrogen and oxygen atoms in total. The topological polar surface area (TPSA) is 93.4 Å². The van der Waals surface area contributed by atoms with Crippen molar-refractivity contribution < 1.29 is 13.9 Å². The number of pyridine rings is 1. The van der Waals surface area contributed by atoms with Gasteiger partial charge in [0, 0.05) is 19.7 Å². The Morgan fingerprint density at radius 3 is 2.51 bits per heavy atom. The van der Waals surface area contributed by atoms with Crippen molar-refractivity contribution in [3.63, 3.8) is 0 Å². The predicted octanol–water partition coefficient (Wildman–Crippen LogP) is 6.22. The van der Waals surface area contributed by atoms with Gasteiger partial charge in [-0.2, -0.15) is 0 Å². The van der Waals surface area contributed by atoms with Crippen LogP contribution in [0.1, 0.15) is 32.6 Å². The molecule has 6 rings (SSSR count). The average Bonchev–Trinajstić information content (AvgIpc) is 2.98. The summed E-state index contributed by atoms with van der Waals surface area (Å²) in [4.78, 5) is 26.0. The van der Waals surface area contributed by atoms with Gasteiger partial charge in [0.2, 0.25) is 5.91 Å². The van der Waals surface area contributed by atoms with Crippen LogP contribution in [0.4, 0.5) is 21.6 Å². The summed E-state index contributed by atoms with van der Waals surface area (Å²) in [6.45, 7) is 1.45. The summed E-state index contributed by atoms with van der Waals surface area (Å²) >= 11 is 0. The van der Waals surface area contributed by atoms with E-state index in [-0.39, 0.29) is 23.9 Å². The van der Waals surface area contributed by atoms with E-state index in [0.717, 1.165) is 70.5 Å². The zero-order chi connectivity index (χ0) is 28.3. The van der Waals surface area contributed by atoms with Gasteiger partial charge in [-0.3, -0.25) is 9.79 Å². The maximum atomic E-state index is 13.9. The number of amides is 1. The Kier molecular flexibility index (Phi) is 7.43. The molecule has 3 aromatic rings. The number of benzene rings is 3. The molecule has 2 aliphatic carbocycles. The molecule has 2 N–H and O–H groups in total. The van der Waals surface area contributed by atoms with Crippen LogP contribution >= 0.6 is 0 Å². The van der Waals surface area contributed by atoms with Crippen LogP contribution in [0.5, 0.6) is 0 Å². The van der Waals surface area contributed by atoms with Gasteiger partial charge in [0.25, 0.3) is 0 Å². The van der Waals surface area contributed by atoms with Crippen LogP contribution in [-0.2, 0) is 9.53 Å². The van der Waals surface area contributed by atoms with Crippen LogP contribution in [-0.4, -0.2) is 39.7 Å². The SMILES string of the molecule is COC1CCC(N=c2cc3n(-c4ccc(F)cc4)c4ccccc4nc-3cc2Nc2ccc(NC(C)=O)nc2)CC1. The van der Waals surface area contributed by atoms with E-state index in [1.165, 1.54) is 19.1 Å². The van der Waals surface area contributed by atoms with E-state index < -0.39 is 0 Å². The second kappa shape index (κ2) is 11.5. The van der Waals surface area contributed by atoms with E-state index in [0.29, 0.717) is 5.82 Å². The van der Waals surface area contributed by atoms with Crippen molar-refractivity contribution in [1.82, 2.24) is 14.5 Å². The summed E-state index contributed by atoms with van der Waals surface area (Å²) in [5.74, 6) is 0.0172. The quantitative estimate of drug-likeness (QED) is 0.245. The predicted molar refractivity (Wildman–Crippen MR) is 158 cm³/mol. The van der Waals surface area contributed by atoms with Gasteiger partial charge in [0.1, 0.15) is 11.6 Å². The second-order valence-electron chi connectivity index (χ2n) is 10.3. The Hall–Kier alpha value is -4.63. The molecule has 0 spiro atoms. The first-order chi connectivity index (χ1) is 20.0. The summed E-state index contributed by atoms with van der Waals surface area (Å²) < 4.78 is 21.6. The average molecular weight is 551 g/mol. The normalized spacial score (nSPS) is 17.6. The first-order valence-electron chi connectivity index (χ1n) is 13.8. The maximum Gasteiger partial charge on any atom is 0.222 e. The minimum atomic E-state index is -0.288. The zero-order valence-corrected chi connectivity index (χ0v) is 23.0. The highest BCUT2D eigenvalue weighted by molar-refractivity contribution is 5.88. The number of para-hydroxylation sites is 2. The molecule has 0 saturated heterocycles. The highest BCUT2D eigenvalue weighted by Gasteiger charge is 2.21. The Morgan fingerprint density at radius 2 is 1.80 bits per heavy atom. The molecule has 1 aromatic heterocycles. The number of fused-ring (bicyclic) bond motifs is 2. The van der Waals surface area contributed by atoms with Crippen molar-refractivity contribution in [2.75, 3.05) is 17.7 Å². The number of carbonyl (C=O) groups excluding carboxylic acids is 1. The van der Waals surface area contributed by atoms with Gasteiger partial charge in [-0.15, -0.1) is 0 Å². The van der Waals surface area contributed by atoms with Gasteiger partial charge < -0.3 is 19.9 Å². The van der Waals surface area contributed by atoms with Crippen molar-refractivity contribution in [3.05, 3.63) is 90.2 Å². The highest BCUT2D eigenvalue weighted by atomic mass is 19.1. The van der Waals surface area contributed by atoms with Crippen LogP contribution in [0.15, 0.2) is 84.0 Å². The van der Waals surface area contributed by atoms with Crippen LogP contribution in [0.25, 0.3) is 28.1 Å². The number of halogens is 1. The summed E-state index contributed by atoms with van der Waals surface area (Å²) in [5, 5.41) is 6.97. The summed E-state index contributed by atoms with van der Waals surface area (Å²) in [5.41, 5.74) is 5.75. The zero-order valence-electron chi connectivity index (χ0n) is 23.0. The summed E-state index contributed by atoms with van der Waals surface area (Å²) in [7, 11) is 1.77. The van der Waals surface area contributed by atoms with Crippen LogP contribution in [0.2, 0.25) is 0 Å². The number of hydrogen-bond acceptors (Lipinski definition) is 6. The second-order valence-corrected chi connectivity index (χ2v) is 10.3. The number of hydrogen-bond donors (Lipinski definition) is 2. The third kappa shape index (κ3) is 5.81. The Balaban J connectivity index is 1.51. The highest BCUT2D eigenvalue weighted by Crippen LogP contribution is 2.31. The molecule has 0 bridgehead atoms. The van der Waals surface area contributed by atoms with Gasteiger partial charge in [-0.25, -0.2) is 14.4 Å². The number of nitrogens with one attached hydrogen (secondary N) is 2. The molecule has 1 saturated carbocycles. The van der Waals surface area contributed by atoms with Crippen molar-refractivity contribution >= 4 is 34.1 Å². The van der Waals surface area contributed by atoms with Crippen LogP contribution in [0.3, 0.4) is 0 Å². The molecule has 0 atom stereocenters. The molecule has 9 heteroatoms.